The van der Waals surface area contributed by atoms with Crippen LogP contribution in [0.3, 0.4) is 0 Å². The highest BCUT2D eigenvalue weighted by molar-refractivity contribution is 4.86. The molecule has 0 radical (unpaired) electrons. The molecule has 72 valence electrons. The Balaban J connectivity index is 2.37. The largest absolute Gasteiger partial charge is 0.306 e. The molecule has 0 aromatic carbocycles. The van der Waals surface area contributed by atoms with Crippen molar-refractivity contribution in [3.05, 3.63) is 28.7 Å². The number of hydrogen-bond acceptors (Lipinski definition) is 3. The summed E-state index contributed by atoms with van der Waals surface area (Å²) in [5.41, 5.74) is 2.83. The monoisotopic (exact) mass is 181 g/mol. The van der Waals surface area contributed by atoms with Gasteiger partial charge in [0.2, 0.25) is 0 Å². The molecular weight excluding hydrogens is 166 g/mol. The lowest BCUT2D eigenvalue weighted by atomic mass is 10.2. The summed E-state index contributed by atoms with van der Waals surface area (Å²) in [4.78, 5) is 12.4. The Labute approximate surface area is 77.6 Å². The van der Waals surface area contributed by atoms with Gasteiger partial charge in [0.15, 0.2) is 0 Å². The Morgan fingerprint density at radius 1 is 1.54 bits per heavy atom. The van der Waals surface area contributed by atoms with E-state index in [4.69, 9.17) is 0 Å². The van der Waals surface area contributed by atoms with Gasteiger partial charge in [0.05, 0.1) is 0 Å². The van der Waals surface area contributed by atoms with Crippen molar-refractivity contribution in [1.82, 2.24) is 9.89 Å². The van der Waals surface area contributed by atoms with Crippen molar-refractivity contribution in [3.8, 4) is 0 Å². The minimum Gasteiger partial charge on any atom is -0.306 e. The summed E-state index contributed by atoms with van der Waals surface area (Å²) in [6.07, 6.45) is 5.01. The van der Waals surface area contributed by atoms with Crippen molar-refractivity contribution in [2.75, 3.05) is 12.0 Å². The molecule has 1 aromatic rings. The molecule has 0 aliphatic rings. The molecule has 1 aromatic heterocycles. The number of rotatable bonds is 5. The molecule has 0 spiro atoms. The first-order valence-electron chi connectivity index (χ1n) is 4.63. The van der Waals surface area contributed by atoms with Crippen molar-refractivity contribution >= 4 is 0 Å². The van der Waals surface area contributed by atoms with Gasteiger partial charge in [-0.15, -0.1) is 4.79 Å². The van der Waals surface area contributed by atoms with E-state index in [1.54, 1.807) is 12.3 Å². The Bertz CT molecular complexity index is 295. The molecule has 4 heteroatoms. The molecule has 0 aliphatic heterocycles. The minimum absolute atomic E-state index is 0.112. The van der Waals surface area contributed by atoms with Crippen LogP contribution in [-0.4, -0.2) is 16.4 Å². The van der Waals surface area contributed by atoms with E-state index in [-0.39, 0.29) is 5.56 Å². The van der Waals surface area contributed by atoms with Gasteiger partial charge >= 0.3 is 0 Å². The van der Waals surface area contributed by atoms with E-state index in [2.05, 4.69) is 17.4 Å². The average Bonchev–Trinajstić information content (AvgIpc) is 2.15. The van der Waals surface area contributed by atoms with Crippen LogP contribution in [0.1, 0.15) is 26.2 Å². The topological polar surface area (TPSA) is 46.9 Å². The molecule has 0 saturated heterocycles. The van der Waals surface area contributed by atoms with E-state index in [1.807, 2.05) is 0 Å². The van der Waals surface area contributed by atoms with Crippen LogP contribution in [0.15, 0.2) is 23.1 Å². The Morgan fingerprint density at radius 2 is 2.38 bits per heavy atom. The highest BCUT2D eigenvalue weighted by Crippen LogP contribution is 1.90. The summed E-state index contributed by atoms with van der Waals surface area (Å²) >= 11 is 0. The van der Waals surface area contributed by atoms with E-state index in [0.717, 1.165) is 13.0 Å². The van der Waals surface area contributed by atoms with Crippen molar-refractivity contribution in [2.24, 2.45) is 0 Å². The smallest absolute Gasteiger partial charge is 0.285 e. The number of nitrogens with one attached hydrogen (secondary N) is 1. The maximum atomic E-state index is 11.1. The molecule has 1 heterocycles. The summed E-state index contributed by atoms with van der Waals surface area (Å²) in [5, 5.41) is 3.87. The summed E-state index contributed by atoms with van der Waals surface area (Å²) in [6, 6.07) is 3.12. The van der Waals surface area contributed by atoms with Crippen LogP contribution >= 0.6 is 0 Å². The first-order chi connectivity index (χ1) is 6.34. The Kier molecular flexibility index (Phi) is 4.02. The van der Waals surface area contributed by atoms with Gasteiger partial charge in [-0.25, -0.2) is 0 Å². The van der Waals surface area contributed by atoms with Gasteiger partial charge < -0.3 is 5.43 Å². The summed E-state index contributed by atoms with van der Waals surface area (Å²) in [7, 11) is 0. The second kappa shape index (κ2) is 5.35. The molecule has 0 bridgehead atoms. The van der Waals surface area contributed by atoms with Gasteiger partial charge in [0.1, 0.15) is 0 Å². The lowest BCUT2D eigenvalue weighted by molar-refractivity contribution is 0.641. The predicted molar refractivity (Wildman–Crippen MR) is 52.2 cm³/mol. The molecule has 0 amide bonds. The molecule has 4 nitrogen and oxygen atoms in total. The zero-order chi connectivity index (χ0) is 9.52. The Hall–Kier alpha value is -1.32. The summed E-state index contributed by atoms with van der Waals surface area (Å²) < 4.78 is 0. The highest BCUT2D eigenvalue weighted by atomic mass is 16.1. The van der Waals surface area contributed by atoms with E-state index in [1.165, 1.54) is 23.7 Å². The van der Waals surface area contributed by atoms with Crippen LogP contribution in [0.4, 0.5) is 0 Å². The molecule has 0 fully saturated rings. The molecular formula is C9H15N3O. The second-order valence-electron chi connectivity index (χ2n) is 2.89. The van der Waals surface area contributed by atoms with Crippen molar-refractivity contribution in [2.45, 2.75) is 26.2 Å². The lowest BCUT2D eigenvalue weighted by Crippen LogP contribution is -2.30. The number of unbranched alkanes of at least 4 members (excludes halogenated alkanes) is 2. The van der Waals surface area contributed by atoms with Crippen molar-refractivity contribution in [3.63, 3.8) is 0 Å². The van der Waals surface area contributed by atoms with Crippen LogP contribution < -0.4 is 11.0 Å². The van der Waals surface area contributed by atoms with E-state index < -0.39 is 0 Å². The molecule has 1 rings (SSSR count). The molecule has 1 N–H and O–H groups in total. The van der Waals surface area contributed by atoms with E-state index in [9.17, 15) is 4.79 Å². The fourth-order valence-corrected chi connectivity index (χ4v) is 1.04. The molecule has 13 heavy (non-hydrogen) atoms. The van der Waals surface area contributed by atoms with Crippen molar-refractivity contribution < 1.29 is 0 Å². The SMILES string of the molecule is CCCCCNn1ncccc1=O. The van der Waals surface area contributed by atoms with E-state index in [0.29, 0.717) is 0 Å². The zero-order valence-electron chi connectivity index (χ0n) is 7.86. The minimum atomic E-state index is -0.112. The lowest BCUT2D eigenvalue weighted by Gasteiger charge is -2.05. The van der Waals surface area contributed by atoms with E-state index >= 15 is 0 Å². The standard InChI is InChI=1S/C9H15N3O/c1-2-3-4-7-10-12-9(13)6-5-8-11-12/h5-6,8,10H,2-4,7H2,1H3. The van der Waals surface area contributed by atoms with Crippen LogP contribution in [0, 0.1) is 0 Å². The maximum Gasteiger partial charge on any atom is 0.285 e. The van der Waals surface area contributed by atoms with Crippen LogP contribution in [0.25, 0.3) is 0 Å². The third kappa shape index (κ3) is 3.27. The van der Waals surface area contributed by atoms with Crippen LogP contribution in [0.2, 0.25) is 0 Å². The van der Waals surface area contributed by atoms with Gasteiger partial charge in [-0.1, -0.05) is 19.8 Å². The second-order valence-corrected chi connectivity index (χ2v) is 2.89. The predicted octanol–water partition coefficient (Wildman–Crippen LogP) is 0.977. The van der Waals surface area contributed by atoms with Gasteiger partial charge in [0, 0.05) is 18.8 Å². The summed E-state index contributed by atoms with van der Waals surface area (Å²) in [6.45, 7) is 2.94. The normalized spacial score (nSPS) is 9.92. The molecule has 0 saturated carbocycles. The fraction of sp³-hybridized carbons (Fsp3) is 0.556. The number of aromatic nitrogens is 2. The van der Waals surface area contributed by atoms with Gasteiger partial charge in [-0.3, -0.25) is 4.79 Å². The first-order valence-corrected chi connectivity index (χ1v) is 4.63. The quantitative estimate of drug-likeness (QED) is 0.689. The maximum absolute atomic E-state index is 11.1. The molecule has 0 aliphatic carbocycles. The highest BCUT2D eigenvalue weighted by Gasteiger charge is 1.91. The zero-order valence-corrected chi connectivity index (χ0v) is 7.86. The third-order valence-corrected chi connectivity index (χ3v) is 1.76. The average molecular weight is 181 g/mol. The third-order valence-electron chi connectivity index (χ3n) is 1.76. The Morgan fingerprint density at radius 3 is 3.08 bits per heavy atom. The number of hydrogen-bond donors (Lipinski definition) is 1. The molecule has 0 atom stereocenters. The first kappa shape index (κ1) is 9.77. The summed E-state index contributed by atoms with van der Waals surface area (Å²) in [5.74, 6) is 0. The molecule has 0 unspecified atom stereocenters. The number of nitrogens with zero attached hydrogens (tertiary/aromatic N) is 2. The van der Waals surface area contributed by atoms with Gasteiger partial charge in [0.25, 0.3) is 5.56 Å². The van der Waals surface area contributed by atoms with Gasteiger partial charge in [-0.05, 0) is 12.5 Å². The van der Waals surface area contributed by atoms with Crippen LogP contribution in [0.5, 0.6) is 0 Å². The van der Waals surface area contributed by atoms with Gasteiger partial charge in [-0.2, -0.15) is 5.10 Å². The fourth-order valence-electron chi connectivity index (χ4n) is 1.04. The van der Waals surface area contributed by atoms with Crippen LogP contribution in [-0.2, 0) is 0 Å². The van der Waals surface area contributed by atoms with Crippen molar-refractivity contribution in [1.29, 1.82) is 0 Å².